The molecule has 160 valence electrons. The van der Waals surface area contributed by atoms with E-state index in [1.807, 2.05) is 0 Å². The molecule has 1 atom stereocenters. The molecule has 2 heterocycles. The Morgan fingerprint density at radius 3 is 2.60 bits per heavy atom. The third kappa shape index (κ3) is 5.64. The number of hydrogen-bond donors (Lipinski definition) is 2. The van der Waals surface area contributed by atoms with Gasteiger partial charge < -0.3 is 14.2 Å². The molecule has 0 fully saturated rings. The summed E-state index contributed by atoms with van der Waals surface area (Å²) in [5.74, 6) is -0.759. The number of benzene rings is 1. The number of hydrogen-bond acceptors (Lipinski definition) is 9. The van der Waals surface area contributed by atoms with E-state index in [4.69, 9.17) is 14.2 Å². The van der Waals surface area contributed by atoms with Crippen molar-refractivity contribution in [2.45, 2.75) is 24.3 Å². The first-order chi connectivity index (χ1) is 14.3. The fourth-order valence-corrected chi connectivity index (χ4v) is 3.40. The van der Waals surface area contributed by atoms with Gasteiger partial charge in [-0.3, -0.25) is 14.9 Å². The second kappa shape index (κ2) is 9.50. The predicted molar refractivity (Wildman–Crippen MR) is 103 cm³/mol. The molecule has 1 aromatic carbocycles. The number of ether oxygens (including phenoxy) is 3. The highest BCUT2D eigenvalue weighted by Gasteiger charge is 2.22. The van der Waals surface area contributed by atoms with E-state index in [1.165, 1.54) is 37.5 Å². The Morgan fingerprint density at radius 1 is 1.17 bits per heavy atom. The number of anilines is 1. The summed E-state index contributed by atoms with van der Waals surface area (Å²) < 4.78 is 42.9. The summed E-state index contributed by atoms with van der Waals surface area (Å²) in [7, 11) is -4.01. The lowest BCUT2D eigenvalue weighted by Gasteiger charge is -2.13. The maximum absolute atomic E-state index is 12.5. The molecule has 30 heavy (non-hydrogen) atoms. The maximum Gasteiger partial charge on any atom is 0.321 e. The first-order valence-corrected chi connectivity index (χ1v) is 10.5. The topological polar surface area (TPSA) is 146 Å². The van der Waals surface area contributed by atoms with Gasteiger partial charge in [-0.15, -0.1) is 0 Å². The molecule has 0 radical (unpaired) electrons. The van der Waals surface area contributed by atoms with E-state index in [2.05, 4.69) is 20.0 Å². The van der Waals surface area contributed by atoms with Crippen LogP contribution in [0.2, 0.25) is 0 Å². The highest BCUT2D eigenvalue weighted by molar-refractivity contribution is 7.89. The number of aromatic nitrogens is 2. The van der Waals surface area contributed by atoms with Crippen LogP contribution in [0, 0.1) is 0 Å². The van der Waals surface area contributed by atoms with E-state index in [9.17, 15) is 18.0 Å². The summed E-state index contributed by atoms with van der Waals surface area (Å²) in [5, 5.41) is 2.38. The van der Waals surface area contributed by atoms with Gasteiger partial charge in [0.1, 0.15) is 6.54 Å². The average Bonchev–Trinajstić information content (AvgIpc) is 2.98. The van der Waals surface area contributed by atoms with Crippen LogP contribution in [0.25, 0.3) is 0 Å². The van der Waals surface area contributed by atoms with Gasteiger partial charge in [-0.05, 0) is 25.1 Å². The summed E-state index contributed by atoms with van der Waals surface area (Å²) in [6, 6.07) is 5.74. The highest BCUT2D eigenvalue weighted by atomic mass is 32.2. The van der Waals surface area contributed by atoms with Gasteiger partial charge in [0.2, 0.25) is 16.0 Å². The number of rotatable bonds is 7. The molecule has 3 rings (SSSR count). The van der Waals surface area contributed by atoms with E-state index in [-0.39, 0.29) is 10.8 Å². The highest BCUT2D eigenvalue weighted by Crippen LogP contribution is 2.31. The van der Waals surface area contributed by atoms with Gasteiger partial charge in [0.15, 0.2) is 17.6 Å². The molecule has 1 unspecified atom stereocenters. The summed E-state index contributed by atoms with van der Waals surface area (Å²) in [6.07, 6.45) is 2.38. The largest absolute Gasteiger partial charge is 0.490 e. The Balaban J connectivity index is 1.54. The maximum atomic E-state index is 12.5. The molecule has 1 aliphatic heterocycles. The Bertz CT molecular complexity index is 1010. The van der Waals surface area contributed by atoms with E-state index in [0.29, 0.717) is 31.1 Å². The lowest BCUT2D eigenvalue weighted by atomic mass is 10.3. The van der Waals surface area contributed by atoms with E-state index in [1.54, 1.807) is 6.07 Å². The van der Waals surface area contributed by atoms with Crippen molar-refractivity contribution < 1.29 is 32.2 Å². The second-order valence-electron chi connectivity index (χ2n) is 6.18. The minimum Gasteiger partial charge on any atom is -0.490 e. The van der Waals surface area contributed by atoms with Crippen LogP contribution in [0.3, 0.4) is 0 Å². The third-order valence-electron chi connectivity index (χ3n) is 3.91. The molecule has 0 aliphatic carbocycles. The number of nitrogens with zero attached hydrogens (tertiary/aromatic N) is 2. The van der Waals surface area contributed by atoms with Crippen LogP contribution in [0.15, 0.2) is 41.6 Å². The standard InChI is InChI=1S/C18H20N4O7S/c1-12(17(24)22-18-19-6-2-7-20-18)29-16(23)11-21-30(25,26)13-4-5-14-15(10-13)28-9-3-8-27-14/h2,4-7,10,12,21H,3,8-9,11H2,1H3,(H,19,20,22,24). The monoisotopic (exact) mass is 436 g/mol. The summed E-state index contributed by atoms with van der Waals surface area (Å²) in [4.78, 5) is 31.5. The van der Waals surface area contributed by atoms with Gasteiger partial charge in [-0.2, -0.15) is 4.72 Å². The minimum atomic E-state index is -4.01. The molecule has 11 nitrogen and oxygen atoms in total. The van der Waals surface area contributed by atoms with Crippen molar-refractivity contribution in [3.05, 3.63) is 36.7 Å². The van der Waals surface area contributed by atoms with Crippen molar-refractivity contribution in [2.75, 3.05) is 25.1 Å². The zero-order valence-electron chi connectivity index (χ0n) is 16.0. The summed E-state index contributed by atoms with van der Waals surface area (Å²) in [6.45, 7) is 1.57. The van der Waals surface area contributed by atoms with Crippen molar-refractivity contribution in [3.8, 4) is 11.5 Å². The van der Waals surface area contributed by atoms with Gasteiger partial charge in [0.25, 0.3) is 5.91 Å². The molecular formula is C18H20N4O7S. The van der Waals surface area contributed by atoms with Crippen molar-refractivity contribution >= 4 is 27.8 Å². The number of fused-ring (bicyclic) bond motifs is 1. The van der Waals surface area contributed by atoms with Crippen LogP contribution in [-0.4, -0.2) is 56.1 Å². The molecule has 1 aromatic heterocycles. The molecule has 12 heteroatoms. The number of amides is 1. The number of sulfonamides is 1. The zero-order chi connectivity index (χ0) is 21.6. The molecule has 2 N–H and O–H groups in total. The van der Waals surface area contributed by atoms with E-state index < -0.39 is 34.5 Å². The fraction of sp³-hybridized carbons (Fsp3) is 0.333. The normalized spacial score (nSPS) is 14.3. The molecule has 0 saturated carbocycles. The first kappa shape index (κ1) is 21.5. The van der Waals surface area contributed by atoms with E-state index in [0.717, 1.165) is 0 Å². The minimum absolute atomic E-state index is 0.0560. The van der Waals surface area contributed by atoms with Crippen molar-refractivity contribution in [1.82, 2.24) is 14.7 Å². The van der Waals surface area contributed by atoms with Crippen molar-refractivity contribution in [3.63, 3.8) is 0 Å². The molecular weight excluding hydrogens is 416 g/mol. The fourth-order valence-electron chi connectivity index (χ4n) is 2.42. The molecule has 0 bridgehead atoms. The van der Waals surface area contributed by atoms with Crippen LogP contribution in [-0.2, 0) is 24.3 Å². The summed E-state index contributed by atoms with van der Waals surface area (Å²) in [5.41, 5.74) is 0. The van der Waals surface area contributed by atoms with E-state index >= 15 is 0 Å². The van der Waals surface area contributed by atoms with Crippen molar-refractivity contribution in [1.29, 1.82) is 0 Å². The molecule has 0 saturated heterocycles. The number of nitrogens with one attached hydrogen (secondary N) is 2. The van der Waals surface area contributed by atoms with Gasteiger partial charge >= 0.3 is 5.97 Å². The SMILES string of the molecule is CC(OC(=O)CNS(=O)(=O)c1ccc2c(c1)OCCCO2)C(=O)Nc1ncccn1. The van der Waals surface area contributed by atoms with Crippen LogP contribution in [0.5, 0.6) is 11.5 Å². The summed E-state index contributed by atoms with van der Waals surface area (Å²) >= 11 is 0. The Labute approximate surface area is 172 Å². The lowest BCUT2D eigenvalue weighted by Crippen LogP contribution is -2.36. The number of carbonyl (C=O) groups excluding carboxylic acids is 2. The van der Waals surface area contributed by atoms with Crippen LogP contribution < -0.4 is 19.5 Å². The number of esters is 1. The van der Waals surface area contributed by atoms with Gasteiger partial charge in [0, 0.05) is 24.9 Å². The molecule has 0 spiro atoms. The van der Waals surface area contributed by atoms with Crippen LogP contribution in [0.1, 0.15) is 13.3 Å². The lowest BCUT2D eigenvalue weighted by molar-refractivity contribution is -0.151. The Morgan fingerprint density at radius 2 is 1.87 bits per heavy atom. The first-order valence-electron chi connectivity index (χ1n) is 9.02. The quantitative estimate of drug-likeness (QED) is 0.592. The predicted octanol–water partition coefficient (Wildman–Crippen LogP) is 0.487. The van der Waals surface area contributed by atoms with Crippen molar-refractivity contribution in [2.24, 2.45) is 0 Å². The van der Waals surface area contributed by atoms with Crippen LogP contribution >= 0.6 is 0 Å². The average molecular weight is 436 g/mol. The Hall–Kier alpha value is -3.25. The second-order valence-corrected chi connectivity index (χ2v) is 7.94. The Kier molecular flexibility index (Phi) is 6.79. The van der Waals surface area contributed by atoms with Gasteiger partial charge in [0.05, 0.1) is 18.1 Å². The number of carbonyl (C=O) groups is 2. The smallest absolute Gasteiger partial charge is 0.321 e. The molecule has 1 aliphatic rings. The van der Waals surface area contributed by atoms with Crippen LogP contribution in [0.4, 0.5) is 5.95 Å². The van der Waals surface area contributed by atoms with Gasteiger partial charge in [-0.1, -0.05) is 0 Å². The molecule has 1 amide bonds. The molecule has 2 aromatic rings. The van der Waals surface area contributed by atoms with Gasteiger partial charge in [-0.25, -0.2) is 18.4 Å². The zero-order valence-corrected chi connectivity index (χ0v) is 16.8. The third-order valence-corrected chi connectivity index (χ3v) is 5.31.